The van der Waals surface area contributed by atoms with Crippen LogP contribution in [0.4, 0.5) is 5.82 Å². The van der Waals surface area contributed by atoms with Crippen LogP contribution in [-0.4, -0.2) is 57.4 Å². The number of aromatic nitrogens is 2. The van der Waals surface area contributed by atoms with E-state index in [1.165, 1.54) is 21.7 Å². The van der Waals surface area contributed by atoms with Crippen molar-refractivity contribution >= 4 is 51.7 Å². The monoisotopic (exact) mass is 492 g/mol. The van der Waals surface area contributed by atoms with Crippen molar-refractivity contribution in [1.82, 2.24) is 14.3 Å². The second-order valence-electron chi connectivity index (χ2n) is 8.10. The molecule has 2 saturated heterocycles. The van der Waals surface area contributed by atoms with Crippen molar-refractivity contribution in [2.24, 2.45) is 0 Å². The summed E-state index contributed by atoms with van der Waals surface area (Å²) in [7, 11) is 0. The Morgan fingerprint density at radius 2 is 1.82 bits per heavy atom. The summed E-state index contributed by atoms with van der Waals surface area (Å²) in [6.45, 7) is 2.95. The molecule has 0 radical (unpaired) electrons. The standard InChI is InChI=1S/C25H24N4O3S2/c30-23-19(22(27-13-15-32-16-14-27)26-21-10-4-5-11-28(21)23)17-20-24(31)29(25(33)34-20)12-6-9-18-7-2-1-3-8-18/h1-5,7-8,10-11,17H,6,9,12-16H2/b20-17+. The first-order chi connectivity index (χ1) is 16.6. The van der Waals surface area contributed by atoms with Gasteiger partial charge in [-0.1, -0.05) is 60.4 Å². The SMILES string of the molecule is O=C1/C(=C\c2c(N3CCOCC3)nc3ccccn3c2=O)SC(=S)N1CCCc1ccccc1. The van der Waals surface area contributed by atoms with E-state index in [1.54, 1.807) is 29.3 Å². The molecule has 0 spiro atoms. The van der Waals surface area contributed by atoms with E-state index in [-0.39, 0.29) is 11.5 Å². The third-order valence-electron chi connectivity index (χ3n) is 5.90. The molecule has 3 aromatic rings. The van der Waals surface area contributed by atoms with Crippen LogP contribution in [0, 0.1) is 0 Å². The molecule has 34 heavy (non-hydrogen) atoms. The van der Waals surface area contributed by atoms with Gasteiger partial charge in [-0.25, -0.2) is 4.98 Å². The van der Waals surface area contributed by atoms with Crippen molar-refractivity contribution in [2.45, 2.75) is 12.8 Å². The lowest BCUT2D eigenvalue weighted by Crippen LogP contribution is -2.38. The summed E-state index contributed by atoms with van der Waals surface area (Å²) in [4.78, 5) is 35.5. The number of carbonyl (C=O) groups is 1. The topological polar surface area (TPSA) is 67.2 Å². The van der Waals surface area contributed by atoms with Gasteiger partial charge < -0.3 is 9.64 Å². The number of fused-ring (bicyclic) bond motifs is 1. The number of morpholine rings is 1. The quantitative estimate of drug-likeness (QED) is 0.386. The molecule has 0 saturated carbocycles. The molecule has 0 unspecified atom stereocenters. The number of thioether (sulfide) groups is 1. The van der Waals surface area contributed by atoms with Gasteiger partial charge in [0, 0.05) is 25.8 Å². The first-order valence-corrected chi connectivity index (χ1v) is 12.5. The van der Waals surface area contributed by atoms with E-state index < -0.39 is 0 Å². The Kier molecular flexibility index (Phi) is 6.75. The summed E-state index contributed by atoms with van der Waals surface area (Å²) >= 11 is 6.75. The van der Waals surface area contributed by atoms with Gasteiger partial charge in [-0.05, 0) is 36.6 Å². The summed E-state index contributed by atoms with van der Waals surface area (Å²) in [5.41, 5.74) is 1.99. The molecule has 1 amide bonds. The minimum absolute atomic E-state index is 0.159. The first kappa shape index (κ1) is 22.8. The fraction of sp³-hybridized carbons (Fsp3) is 0.280. The molecule has 7 nitrogen and oxygen atoms in total. The predicted octanol–water partition coefficient (Wildman–Crippen LogP) is 3.37. The van der Waals surface area contributed by atoms with E-state index >= 15 is 0 Å². The van der Waals surface area contributed by atoms with Gasteiger partial charge in [-0.2, -0.15) is 0 Å². The third-order valence-corrected chi connectivity index (χ3v) is 7.28. The molecule has 1 aromatic carbocycles. The zero-order valence-electron chi connectivity index (χ0n) is 18.6. The van der Waals surface area contributed by atoms with Gasteiger partial charge in [-0.3, -0.25) is 18.9 Å². The van der Waals surface area contributed by atoms with Crippen LogP contribution in [0.2, 0.25) is 0 Å². The van der Waals surface area contributed by atoms with Crippen molar-refractivity contribution in [3.8, 4) is 0 Å². The van der Waals surface area contributed by atoms with Crippen LogP contribution in [0.1, 0.15) is 17.5 Å². The van der Waals surface area contributed by atoms with Gasteiger partial charge in [0.1, 0.15) is 15.8 Å². The highest BCUT2D eigenvalue weighted by molar-refractivity contribution is 8.26. The van der Waals surface area contributed by atoms with E-state index in [0.717, 1.165) is 12.8 Å². The second-order valence-corrected chi connectivity index (χ2v) is 9.78. The summed E-state index contributed by atoms with van der Waals surface area (Å²) in [5.74, 6) is 0.419. The predicted molar refractivity (Wildman–Crippen MR) is 139 cm³/mol. The Hall–Kier alpha value is -3.01. The fourth-order valence-electron chi connectivity index (χ4n) is 4.14. The van der Waals surface area contributed by atoms with Crippen molar-refractivity contribution in [3.63, 3.8) is 0 Å². The number of amides is 1. The number of benzene rings is 1. The highest BCUT2D eigenvalue weighted by Gasteiger charge is 2.32. The van der Waals surface area contributed by atoms with Crippen LogP contribution in [0.5, 0.6) is 0 Å². The summed E-state index contributed by atoms with van der Waals surface area (Å²) < 4.78 is 7.51. The van der Waals surface area contributed by atoms with Gasteiger partial charge in [0.05, 0.1) is 23.7 Å². The zero-order chi connectivity index (χ0) is 23.5. The normalized spacial score (nSPS) is 17.8. The van der Waals surface area contributed by atoms with Crippen molar-refractivity contribution < 1.29 is 9.53 Å². The minimum atomic E-state index is -0.207. The molecule has 2 aromatic heterocycles. The van der Waals surface area contributed by atoms with Gasteiger partial charge in [0.15, 0.2) is 0 Å². The van der Waals surface area contributed by atoms with E-state index in [4.69, 9.17) is 21.9 Å². The number of carbonyl (C=O) groups excluding carboxylic acids is 1. The second kappa shape index (κ2) is 10.1. The lowest BCUT2D eigenvalue weighted by atomic mass is 10.1. The molecular formula is C25H24N4O3S2. The third kappa shape index (κ3) is 4.64. The number of hydrogen-bond donors (Lipinski definition) is 0. The number of ether oxygens (including phenoxy) is 1. The lowest BCUT2D eigenvalue weighted by Gasteiger charge is -2.29. The number of pyridine rings is 1. The average Bonchev–Trinajstić information content (AvgIpc) is 3.14. The number of aryl methyl sites for hydroxylation is 1. The first-order valence-electron chi connectivity index (χ1n) is 11.3. The Balaban J connectivity index is 1.44. The average molecular weight is 493 g/mol. The molecule has 174 valence electrons. The maximum Gasteiger partial charge on any atom is 0.267 e. The summed E-state index contributed by atoms with van der Waals surface area (Å²) in [6.07, 6.45) is 5.03. The van der Waals surface area contributed by atoms with Gasteiger partial charge in [-0.15, -0.1) is 0 Å². The van der Waals surface area contributed by atoms with Crippen LogP contribution in [-0.2, 0) is 16.0 Å². The van der Waals surface area contributed by atoms with Gasteiger partial charge in [0.25, 0.3) is 11.5 Å². The van der Waals surface area contributed by atoms with Crippen LogP contribution in [0.15, 0.2) is 64.4 Å². The van der Waals surface area contributed by atoms with Gasteiger partial charge >= 0.3 is 0 Å². The Morgan fingerprint density at radius 1 is 1.06 bits per heavy atom. The van der Waals surface area contributed by atoms with E-state index in [2.05, 4.69) is 12.1 Å². The van der Waals surface area contributed by atoms with Crippen molar-refractivity contribution in [3.05, 3.63) is 81.1 Å². The number of hydrogen-bond acceptors (Lipinski definition) is 7. The van der Waals surface area contributed by atoms with Crippen molar-refractivity contribution in [1.29, 1.82) is 0 Å². The smallest absolute Gasteiger partial charge is 0.267 e. The molecule has 2 aliphatic heterocycles. The fourth-order valence-corrected chi connectivity index (χ4v) is 5.43. The molecule has 9 heteroatoms. The highest BCUT2D eigenvalue weighted by Crippen LogP contribution is 2.33. The van der Waals surface area contributed by atoms with Crippen LogP contribution in [0.3, 0.4) is 0 Å². The molecular weight excluding hydrogens is 468 g/mol. The maximum atomic E-state index is 13.4. The lowest BCUT2D eigenvalue weighted by molar-refractivity contribution is -0.122. The van der Waals surface area contributed by atoms with E-state index in [1.807, 2.05) is 29.2 Å². The Bertz CT molecular complexity index is 1320. The molecule has 0 atom stereocenters. The van der Waals surface area contributed by atoms with E-state index in [0.29, 0.717) is 59.1 Å². The van der Waals surface area contributed by atoms with Crippen molar-refractivity contribution in [2.75, 3.05) is 37.7 Å². The number of rotatable bonds is 6. The molecule has 0 aliphatic carbocycles. The molecule has 5 rings (SSSR count). The van der Waals surface area contributed by atoms with Crippen LogP contribution < -0.4 is 10.5 Å². The molecule has 2 aliphatic rings. The Morgan fingerprint density at radius 3 is 2.62 bits per heavy atom. The zero-order valence-corrected chi connectivity index (χ0v) is 20.2. The largest absolute Gasteiger partial charge is 0.378 e. The molecule has 2 fully saturated rings. The number of anilines is 1. The minimum Gasteiger partial charge on any atom is -0.378 e. The number of thiocarbonyl (C=S) groups is 1. The van der Waals surface area contributed by atoms with E-state index in [9.17, 15) is 9.59 Å². The molecule has 0 N–H and O–H groups in total. The maximum absolute atomic E-state index is 13.4. The summed E-state index contributed by atoms with van der Waals surface area (Å²) in [6, 6.07) is 15.6. The highest BCUT2D eigenvalue weighted by atomic mass is 32.2. The molecule has 0 bridgehead atoms. The van der Waals surface area contributed by atoms with Crippen LogP contribution >= 0.6 is 24.0 Å². The summed E-state index contributed by atoms with van der Waals surface area (Å²) in [5, 5.41) is 0. The van der Waals surface area contributed by atoms with Crippen LogP contribution in [0.25, 0.3) is 11.7 Å². The Labute approximate surface area is 207 Å². The van der Waals surface area contributed by atoms with Gasteiger partial charge in [0.2, 0.25) is 0 Å². The number of nitrogens with zero attached hydrogens (tertiary/aromatic N) is 4. The molecule has 4 heterocycles.